The minimum absolute atomic E-state index is 0.567. The van der Waals surface area contributed by atoms with Gasteiger partial charge in [0.1, 0.15) is 22.3 Å². The first kappa shape index (κ1) is 46.2. The number of benzene rings is 12. The molecule has 0 saturated carbocycles. The Labute approximate surface area is 474 Å². The van der Waals surface area contributed by atoms with E-state index in [4.69, 9.17) is 23.8 Å². The fourth-order valence-electron chi connectivity index (χ4n) is 12.4. The number of aromatic nitrogens is 4. The first-order valence-electron chi connectivity index (χ1n) is 27.6. The fraction of sp³-hybridized carbons (Fsp3) is 0. The zero-order chi connectivity index (χ0) is 53.8. The van der Waals surface area contributed by atoms with E-state index in [2.05, 4.69) is 211 Å². The van der Waals surface area contributed by atoms with Crippen LogP contribution in [-0.4, -0.2) is 19.5 Å². The Morgan fingerprint density at radius 1 is 0.280 bits per heavy atom. The van der Waals surface area contributed by atoms with E-state index in [1.54, 1.807) is 0 Å². The number of rotatable bonds is 8. The molecule has 0 fully saturated rings. The summed E-state index contributed by atoms with van der Waals surface area (Å²) in [6.45, 7) is 0. The molecule has 0 aliphatic heterocycles. The predicted molar refractivity (Wildman–Crippen MR) is 340 cm³/mol. The normalized spacial score (nSPS) is 11.9. The van der Waals surface area contributed by atoms with Gasteiger partial charge in [-0.1, -0.05) is 188 Å². The number of fused-ring (bicyclic) bond motifs is 13. The van der Waals surface area contributed by atoms with Gasteiger partial charge in [-0.2, -0.15) is 0 Å². The highest BCUT2D eigenvalue weighted by atomic mass is 32.1. The summed E-state index contributed by atoms with van der Waals surface area (Å²) in [6.07, 6.45) is 0. The number of nitrogens with zero attached hydrogens (tertiary/aromatic N) is 4. The summed E-state index contributed by atoms with van der Waals surface area (Å²) in [5.74, 6) is 1.76. The van der Waals surface area contributed by atoms with Crippen molar-refractivity contribution in [1.82, 2.24) is 19.5 Å². The van der Waals surface area contributed by atoms with E-state index in [-0.39, 0.29) is 0 Å². The van der Waals surface area contributed by atoms with Gasteiger partial charge in [0, 0.05) is 80.3 Å². The average molecular weight is 1070 g/mol. The quantitative estimate of drug-likeness (QED) is 0.152. The maximum Gasteiger partial charge on any atom is 0.164 e. The van der Waals surface area contributed by atoms with Gasteiger partial charge in [0.05, 0.1) is 16.7 Å². The molecule has 0 aliphatic rings. The molecule has 0 bridgehead atoms. The van der Waals surface area contributed by atoms with E-state index in [0.717, 1.165) is 122 Å². The molecule has 7 heteroatoms. The largest absolute Gasteiger partial charge is 0.456 e. The van der Waals surface area contributed by atoms with Crippen molar-refractivity contribution in [3.8, 4) is 84.4 Å². The molecule has 17 rings (SSSR count). The van der Waals surface area contributed by atoms with Gasteiger partial charge in [-0.15, -0.1) is 11.3 Å². The monoisotopic (exact) mass is 1060 g/mol. The summed E-state index contributed by atoms with van der Waals surface area (Å²) in [5.41, 5.74) is 17.9. The van der Waals surface area contributed by atoms with Gasteiger partial charge in [-0.3, -0.25) is 0 Å². The van der Waals surface area contributed by atoms with E-state index in [0.29, 0.717) is 17.5 Å². The van der Waals surface area contributed by atoms with Crippen LogP contribution < -0.4 is 0 Å². The minimum atomic E-state index is 0.567. The highest BCUT2D eigenvalue weighted by Gasteiger charge is 2.26. The van der Waals surface area contributed by atoms with Gasteiger partial charge in [-0.25, -0.2) is 15.0 Å². The van der Waals surface area contributed by atoms with Crippen molar-refractivity contribution in [2.75, 3.05) is 0 Å². The molecule has 0 amide bonds. The van der Waals surface area contributed by atoms with Crippen LogP contribution in [0.5, 0.6) is 0 Å². The smallest absolute Gasteiger partial charge is 0.164 e. The van der Waals surface area contributed by atoms with Crippen LogP contribution in [0.2, 0.25) is 0 Å². The topological polar surface area (TPSA) is 69.9 Å². The maximum atomic E-state index is 6.34. The van der Waals surface area contributed by atoms with E-state index in [1.165, 1.54) is 30.9 Å². The number of thiophene rings is 1. The molecule has 0 N–H and O–H groups in total. The molecule has 0 radical (unpaired) electrons. The number of hydrogen-bond donors (Lipinski definition) is 0. The molecule has 0 atom stereocenters. The van der Waals surface area contributed by atoms with E-state index < -0.39 is 0 Å². The third kappa shape index (κ3) is 7.44. The van der Waals surface area contributed by atoms with Crippen molar-refractivity contribution in [2.45, 2.75) is 0 Å². The van der Waals surface area contributed by atoms with Crippen LogP contribution in [-0.2, 0) is 0 Å². The molecule has 5 aromatic heterocycles. The lowest BCUT2D eigenvalue weighted by Gasteiger charge is -2.22. The minimum Gasteiger partial charge on any atom is -0.456 e. The fourth-order valence-corrected chi connectivity index (χ4v) is 13.7. The van der Waals surface area contributed by atoms with Crippen LogP contribution in [0.25, 0.3) is 170 Å². The zero-order valence-electron chi connectivity index (χ0n) is 43.9. The van der Waals surface area contributed by atoms with Crippen molar-refractivity contribution in [3.63, 3.8) is 0 Å². The Hall–Kier alpha value is -10.7. The lowest BCUT2D eigenvalue weighted by molar-refractivity contribution is 0.668. The molecule has 17 aromatic rings. The Balaban J connectivity index is 0.984. The molecule has 0 spiro atoms. The molecule has 12 aromatic carbocycles. The molecule has 382 valence electrons. The van der Waals surface area contributed by atoms with Gasteiger partial charge in [-0.05, 0) is 112 Å². The zero-order valence-corrected chi connectivity index (χ0v) is 44.7. The van der Waals surface area contributed by atoms with Gasteiger partial charge in [0.25, 0.3) is 0 Å². The van der Waals surface area contributed by atoms with Crippen LogP contribution in [0.4, 0.5) is 0 Å². The van der Waals surface area contributed by atoms with Crippen molar-refractivity contribution < 1.29 is 8.83 Å². The standard InChI is InChI=1S/C75H44N4O2S/c1-3-17-45(18-4-1)73-76-74(46-19-5-2-6-20-46)78-75(77-73)53-43-59(51-23-15-21-47(39-51)49-33-37-67-61(41-49)54-25-8-12-30-65(54)80-67)71(79-63-29-11-7-28-58(63)70-64(79)36-35-57-56-27-10-14-32-69(56)82-72(57)70)60(44-53)52-24-16-22-48(40-52)50-34-38-68-62(42-50)55-26-9-13-31-66(55)81-68/h1-44H. The highest BCUT2D eigenvalue weighted by molar-refractivity contribution is 7.26. The number of furan rings is 2. The predicted octanol–water partition coefficient (Wildman–Crippen LogP) is 20.8. The molecular formula is C75H44N4O2S. The van der Waals surface area contributed by atoms with Crippen LogP contribution in [0.3, 0.4) is 0 Å². The third-order valence-electron chi connectivity index (χ3n) is 16.2. The molecule has 6 nitrogen and oxygen atoms in total. The summed E-state index contributed by atoms with van der Waals surface area (Å²) in [6, 6.07) is 95.0. The van der Waals surface area contributed by atoms with Gasteiger partial charge >= 0.3 is 0 Å². The molecule has 0 saturated heterocycles. The van der Waals surface area contributed by atoms with Crippen molar-refractivity contribution in [2.24, 2.45) is 0 Å². The average Bonchev–Trinajstić information content (AvgIpc) is 2.30. The Bertz CT molecular complexity index is 5180. The van der Waals surface area contributed by atoms with Gasteiger partial charge in [0.15, 0.2) is 17.5 Å². The molecule has 5 heterocycles. The molecule has 0 unspecified atom stereocenters. The van der Waals surface area contributed by atoms with Crippen LogP contribution in [0.15, 0.2) is 276 Å². The second-order valence-corrected chi connectivity index (χ2v) is 22.1. The third-order valence-corrected chi connectivity index (χ3v) is 17.4. The SMILES string of the molecule is c1ccc(-c2nc(-c3ccccc3)nc(-c3cc(-c4cccc(-c5ccc6oc7ccccc7c6c5)c4)c(-n4c5ccccc5c5c6sc7ccccc7c6ccc54)c(-c4cccc(-c5ccc6oc7ccccc7c6c5)c4)c3)n2)cc1. The lowest BCUT2D eigenvalue weighted by atomic mass is 9.90. The first-order valence-corrected chi connectivity index (χ1v) is 28.4. The van der Waals surface area contributed by atoms with E-state index in [1.807, 2.05) is 72.0 Å². The summed E-state index contributed by atoms with van der Waals surface area (Å²) < 4.78 is 17.7. The molecule has 82 heavy (non-hydrogen) atoms. The Kier molecular flexibility index (Phi) is 10.4. The Morgan fingerprint density at radius 3 is 1.32 bits per heavy atom. The number of hydrogen-bond acceptors (Lipinski definition) is 6. The van der Waals surface area contributed by atoms with E-state index >= 15 is 0 Å². The van der Waals surface area contributed by atoms with Gasteiger partial charge < -0.3 is 13.4 Å². The molecular weight excluding hydrogens is 1020 g/mol. The summed E-state index contributed by atoms with van der Waals surface area (Å²) in [4.78, 5) is 15.9. The van der Waals surface area contributed by atoms with E-state index in [9.17, 15) is 0 Å². The Morgan fingerprint density at radius 2 is 0.732 bits per heavy atom. The lowest BCUT2D eigenvalue weighted by Crippen LogP contribution is -2.04. The van der Waals surface area contributed by atoms with Crippen LogP contribution >= 0.6 is 11.3 Å². The van der Waals surface area contributed by atoms with Crippen molar-refractivity contribution in [3.05, 3.63) is 267 Å². The summed E-state index contributed by atoms with van der Waals surface area (Å²) >= 11 is 1.87. The van der Waals surface area contributed by atoms with Gasteiger partial charge in [0.2, 0.25) is 0 Å². The summed E-state index contributed by atoms with van der Waals surface area (Å²) in [5, 5.41) is 9.31. The summed E-state index contributed by atoms with van der Waals surface area (Å²) in [7, 11) is 0. The number of para-hydroxylation sites is 3. The van der Waals surface area contributed by atoms with Crippen molar-refractivity contribution >= 4 is 97.2 Å². The van der Waals surface area contributed by atoms with Crippen molar-refractivity contribution in [1.29, 1.82) is 0 Å². The second-order valence-electron chi connectivity index (χ2n) is 21.0. The van der Waals surface area contributed by atoms with Crippen LogP contribution in [0, 0.1) is 0 Å². The first-order chi connectivity index (χ1) is 40.6. The second kappa shape index (κ2) is 18.4. The maximum absolute atomic E-state index is 6.34. The van der Waals surface area contributed by atoms with Crippen LogP contribution in [0.1, 0.15) is 0 Å². The molecule has 0 aliphatic carbocycles. The highest BCUT2D eigenvalue weighted by Crippen LogP contribution is 2.49.